The summed E-state index contributed by atoms with van der Waals surface area (Å²) in [7, 11) is -1.82. The first kappa shape index (κ1) is 12.5. The van der Waals surface area contributed by atoms with E-state index in [1.165, 1.54) is 17.6 Å². The van der Waals surface area contributed by atoms with Gasteiger partial charge in [0, 0.05) is 13.1 Å². The molecule has 15 heavy (non-hydrogen) atoms. The number of rotatable bonds is 3. The zero-order valence-corrected chi connectivity index (χ0v) is 10.1. The van der Waals surface area contributed by atoms with E-state index < -0.39 is 15.3 Å². The number of sulfonamides is 1. The van der Waals surface area contributed by atoms with Crippen molar-refractivity contribution < 1.29 is 8.42 Å². The molecule has 1 fully saturated rings. The summed E-state index contributed by atoms with van der Waals surface area (Å²) in [4.78, 5) is 0. The Morgan fingerprint density at radius 2 is 1.87 bits per heavy atom. The summed E-state index contributed by atoms with van der Waals surface area (Å²) in [6, 6.07) is 1.89. The highest BCUT2D eigenvalue weighted by Crippen LogP contribution is 2.24. The molecule has 86 valence electrons. The van der Waals surface area contributed by atoms with Gasteiger partial charge in [0.05, 0.1) is 6.07 Å². The van der Waals surface area contributed by atoms with Crippen LogP contribution in [0.4, 0.5) is 0 Å². The fourth-order valence-corrected chi connectivity index (χ4v) is 3.23. The molecule has 1 atom stereocenters. The Hall–Kier alpha value is -0.600. The highest BCUT2D eigenvalue weighted by atomic mass is 32.2. The van der Waals surface area contributed by atoms with Crippen molar-refractivity contribution in [2.45, 2.75) is 50.3 Å². The Labute approximate surface area is 91.9 Å². The second kappa shape index (κ2) is 4.95. The van der Waals surface area contributed by atoms with Crippen LogP contribution in [0.15, 0.2) is 0 Å². The molecule has 1 unspecified atom stereocenters. The molecule has 1 rings (SSSR count). The highest BCUT2D eigenvalue weighted by Gasteiger charge is 2.31. The second-order valence-electron chi connectivity index (χ2n) is 4.12. The SMILES string of the molecule is CC(C#N)S(=O)(=O)N(C)C1CCCCC1. The van der Waals surface area contributed by atoms with E-state index in [1.807, 2.05) is 0 Å². The van der Waals surface area contributed by atoms with E-state index in [-0.39, 0.29) is 6.04 Å². The van der Waals surface area contributed by atoms with E-state index in [0.717, 1.165) is 25.7 Å². The number of hydrogen-bond acceptors (Lipinski definition) is 3. The summed E-state index contributed by atoms with van der Waals surface area (Å²) in [5, 5.41) is 7.72. The standard InChI is InChI=1S/C10H18N2O2S/c1-9(8-11)15(13,14)12(2)10-6-4-3-5-7-10/h9-10H,3-7H2,1-2H3. The minimum absolute atomic E-state index is 0.0968. The second-order valence-corrected chi connectivity index (χ2v) is 6.44. The Kier molecular flexibility index (Phi) is 4.12. The first-order valence-electron chi connectivity index (χ1n) is 5.36. The third kappa shape index (κ3) is 2.70. The molecule has 0 bridgehead atoms. The lowest BCUT2D eigenvalue weighted by Gasteiger charge is -2.30. The summed E-state index contributed by atoms with van der Waals surface area (Å²) in [5.74, 6) is 0. The third-order valence-corrected chi connectivity index (χ3v) is 5.22. The van der Waals surface area contributed by atoms with E-state index >= 15 is 0 Å². The summed E-state index contributed by atoms with van der Waals surface area (Å²) in [6.45, 7) is 1.44. The van der Waals surface area contributed by atoms with Crippen LogP contribution in [-0.4, -0.2) is 31.1 Å². The first-order valence-corrected chi connectivity index (χ1v) is 6.87. The van der Waals surface area contributed by atoms with Gasteiger partial charge in [0.1, 0.15) is 0 Å². The predicted octanol–water partition coefficient (Wildman–Crippen LogP) is 1.49. The number of nitrogens with zero attached hydrogens (tertiary/aromatic N) is 2. The Balaban J connectivity index is 2.74. The fourth-order valence-electron chi connectivity index (χ4n) is 1.97. The van der Waals surface area contributed by atoms with Crippen LogP contribution in [-0.2, 0) is 10.0 Å². The molecule has 0 amide bonds. The van der Waals surface area contributed by atoms with E-state index in [4.69, 9.17) is 5.26 Å². The monoisotopic (exact) mass is 230 g/mol. The number of hydrogen-bond donors (Lipinski definition) is 0. The van der Waals surface area contributed by atoms with E-state index in [0.29, 0.717) is 0 Å². The van der Waals surface area contributed by atoms with Gasteiger partial charge in [-0.2, -0.15) is 5.26 Å². The average Bonchev–Trinajstić information content (AvgIpc) is 2.28. The van der Waals surface area contributed by atoms with Crippen LogP contribution in [0.25, 0.3) is 0 Å². The molecule has 1 aliphatic rings. The molecule has 0 aliphatic heterocycles. The third-order valence-electron chi connectivity index (χ3n) is 3.12. The quantitative estimate of drug-likeness (QED) is 0.738. The van der Waals surface area contributed by atoms with Crippen molar-refractivity contribution in [2.24, 2.45) is 0 Å². The maximum Gasteiger partial charge on any atom is 0.230 e. The van der Waals surface area contributed by atoms with E-state index in [2.05, 4.69) is 0 Å². The Morgan fingerprint density at radius 1 is 1.33 bits per heavy atom. The topological polar surface area (TPSA) is 61.2 Å². The van der Waals surface area contributed by atoms with Gasteiger partial charge >= 0.3 is 0 Å². The maximum atomic E-state index is 11.9. The van der Waals surface area contributed by atoms with Crippen LogP contribution in [0.2, 0.25) is 0 Å². The van der Waals surface area contributed by atoms with Gasteiger partial charge in [-0.15, -0.1) is 0 Å². The zero-order chi connectivity index (χ0) is 11.5. The lowest BCUT2D eigenvalue weighted by Crippen LogP contribution is -2.42. The normalized spacial score (nSPS) is 21.2. The van der Waals surface area contributed by atoms with Gasteiger partial charge in [-0.3, -0.25) is 0 Å². The lowest BCUT2D eigenvalue weighted by atomic mass is 9.96. The molecular weight excluding hydrogens is 212 g/mol. The molecule has 5 heteroatoms. The number of nitriles is 1. The van der Waals surface area contributed by atoms with Gasteiger partial charge in [0.15, 0.2) is 5.25 Å². The fraction of sp³-hybridized carbons (Fsp3) is 0.900. The molecule has 0 radical (unpaired) electrons. The smallest absolute Gasteiger partial charge is 0.211 e. The molecule has 0 aromatic heterocycles. The van der Waals surface area contributed by atoms with Crippen molar-refractivity contribution in [3.8, 4) is 6.07 Å². The summed E-state index contributed by atoms with van der Waals surface area (Å²) < 4.78 is 25.1. The predicted molar refractivity (Wildman–Crippen MR) is 58.6 cm³/mol. The Bertz CT molecular complexity index is 339. The lowest BCUT2D eigenvalue weighted by molar-refractivity contribution is 0.285. The van der Waals surface area contributed by atoms with Crippen molar-refractivity contribution >= 4 is 10.0 Å². The van der Waals surface area contributed by atoms with Gasteiger partial charge in [0.25, 0.3) is 0 Å². The van der Waals surface area contributed by atoms with Gasteiger partial charge in [0.2, 0.25) is 10.0 Å². The van der Waals surface area contributed by atoms with Crippen LogP contribution in [0.1, 0.15) is 39.0 Å². The van der Waals surface area contributed by atoms with Crippen LogP contribution in [0.3, 0.4) is 0 Å². The minimum Gasteiger partial charge on any atom is -0.211 e. The van der Waals surface area contributed by atoms with Crippen LogP contribution < -0.4 is 0 Å². The van der Waals surface area contributed by atoms with Crippen LogP contribution in [0.5, 0.6) is 0 Å². The van der Waals surface area contributed by atoms with E-state index in [9.17, 15) is 8.42 Å². The summed E-state index contributed by atoms with van der Waals surface area (Å²) >= 11 is 0. The van der Waals surface area contributed by atoms with Crippen molar-refractivity contribution in [3.63, 3.8) is 0 Å². The molecular formula is C10H18N2O2S. The van der Waals surface area contributed by atoms with E-state index in [1.54, 1.807) is 13.1 Å². The molecule has 0 spiro atoms. The maximum absolute atomic E-state index is 11.9. The molecule has 1 aliphatic carbocycles. The zero-order valence-electron chi connectivity index (χ0n) is 9.31. The van der Waals surface area contributed by atoms with Crippen LogP contribution >= 0.6 is 0 Å². The van der Waals surface area contributed by atoms with Gasteiger partial charge < -0.3 is 0 Å². The first-order chi connectivity index (χ1) is 7.00. The van der Waals surface area contributed by atoms with Gasteiger partial charge in [-0.05, 0) is 19.8 Å². The Morgan fingerprint density at radius 3 is 2.33 bits per heavy atom. The highest BCUT2D eigenvalue weighted by molar-refractivity contribution is 7.89. The summed E-state index contributed by atoms with van der Waals surface area (Å²) in [6.07, 6.45) is 5.22. The van der Waals surface area contributed by atoms with Gasteiger partial charge in [-0.25, -0.2) is 12.7 Å². The molecule has 1 saturated carbocycles. The average molecular weight is 230 g/mol. The molecule has 0 N–H and O–H groups in total. The minimum atomic E-state index is -3.42. The molecule has 0 heterocycles. The van der Waals surface area contributed by atoms with Gasteiger partial charge in [-0.1, -0.05) is 19.3 Å². The molecule has 0 saturated heterocycles. The molecule has 0 aromatic rings. The largest absolute Gasteiger partial charge is 0.230 e. The van der Waals surface area contributed by atoms with Crippen LogP contribution in [0, 0.1) is 11.3 Å². The molecule has 0 aromatic carbocycles. The van der Waals surface area contributed by atoms with Crippen molar-refractivity contribution in [1.82, 2.24) is 4.31 Å². The molecule has 4 nitrogen and oxygen atoms in total. The van der Waals surface area contributed by atoms with Crippen molar-refractivity contribution in [1.29, 1.82) is 5.26 Å². The van der Waals surface area contributed by atoms with Crippen molar-refractivity contribution in [2.75, 3.05) is 7.05 Å². The summed E-state index contributed by atoms with van der Waals surface area (Å²) in [5.41, 5.74) is 0. The van der Waals surface area contributed by atoms with Crippen molar-refractivity contribution in [3.05, 3.63) is 0 Å².